The van der Waals surface area contributed by atoms with E-state index in [1.807, 2.05) is 20.8 Å². The van der Waals surface area contributed by atoms with Gasteiger partial charge < -0.3 is 15.2 Å². The second-order valence-electron chi connectivity index (χ2n) is 4.13. The highest BCUT2D eigenvalue weighted by Crippen LogP contribution is 2.21. The zero-order valence-corrected chi connectivity index (χ0v) is 10.2. The molecule has 16 heavy (non-hydrogen) atoms. The van der Waals surface area contributed by atoms with E-state index in [9.17, 15) is 9.59 Å². The van der Waals surface area contributed by atoms with E-state index < -0.39 is 5.41 Å². The molecule has 0 spiro atoms. The second kappa shape index (κ2) is 7.22. The summed E-state index contributed by atoms with van der Waals surface area (Å²) in [5.41, 5.74) is 4.69. The van der Waals surface area contributed by atoms with Gasteiger partial charge >= 0.3 is 11.9 Å². The quantitative estimate of drug-likeness (QED) is 0.519. The van der Waals surface area contributed by atoms with Crippen molar-refractivity contribution in [1.29, 1.82) is 0 Å². The third-order valence-corrected chi connectivity index (χ3v) is 2.36. The van der Waals surface area contributed by atoms with Crippen LogP contribution in [-0.4, -0.2) is 31.7 Å². The lowest BCUT2D eigenvalue weighted by Gasteiger charge is -2.20. The summed E-state index contributed by atoms with van der Waals surface area (Å²) in [6, 6.07) is 0. The molecule has 0 aromatic heterocycles. The molecule has 94 valence electrons. The average molecular weight is 231 g/mol. The monoisotopic (exact) mass is 231 g/mol. The topological polar surface area (TPSA) is 78.6 Å². The van der Waals surface area contributed by atoms with E-state index in [1.54, 1.807) is 0 Å². The first kappa shape index (κ1) is 14.9. The third kappa shape index (κ3) is 5.70. The van der Waals surface area contributed by atoms with Gasteiger partial charge in [0.25, 0.3) is 0 Å². The standard InChI is InChI=1S/C11H21NO4/c1-4-11(2,3)10(14)16-8-7-15-9(13)5-6-12/h4-8,12H2,1-3H3. The molecule has 0 radical (unpaired) electrons. The Hall–Kier alpha value is -1.10. The van der Waals surface area contributed by atoms with Gasteiger partial charge in [-0.15, -0.1) is 0 Å². The lowest BCUT2D eigenvalue weighted by Crippen LogP contribution is -2.27. The first-order chi connectivity index (χ1) is 7.44. The molecular weight excluding hydrogens is 210 g/mol. The van der Waals surface area contributed by atoms with E-state index in [-0.39, 0.29) is 38.1 Å². The highest BCUT2D eigenvalue weighted by molar-refractivity contribution is 5.75. The van der Waals surface area contributed by atoms with Crippen LogP contribution >= 0.6 is 0 Å². The van der Waals surface area contributed by atoms with Gasteiger partial charge in [0.1, 0.15) is 13.2 Å². The molecule has 0 aliphatic heterocycles. The maximum atomic E-state index is 11.5. The van der Waals surface area contributed by atoms with Crippen LogP contribution in [0.2, 0.25) is 0 Å². The van der Waals surface area contributed by atoms with Gasteiger partial charge in [-0.2, -0.15) is 0 Å². The second-order valence-corrected chi connectivity index (χ2v) is 4.13. The zero-order valence-electron chi connectivity index (χ0n) is 10.2. The summed E-state index contributed by atoms with van der Waals surface area (Å²) in [5.74, 6) is -0.641. The summed E-state index contributed by atoms with van der Waals surface area (Å²) in [4.78, 5) is 22.4. The smallest absolute Gasteiger partial charge is 0.311 e. The Balaban J connectivity index is 3.67. The van der Waals surface area contributed by atoms with Crippen molar-refractivity contribution in [1.82, 2.24) is 0 Å². The lowest BCUT2D eigenvalue weighted by molar-refractivity contribution is -0.159. The van der Waals surface area contributed by atoms with Crippen LogP contribution in [0.25, 0.3) is 0 Å². The number of rotatable bonds is 7. The predicted molar refractivity (Wildman–Crippen MR) is 59.7 cm³/mol. The fourth-order valence-corrected chi connectivity index (χ4v) is 0.820. The molecule has 0 atom stereocenters. The van der Waals surface area contributed by atoms with E-state index in [2.05, 4.69) is 0 Å². The fourth-order valence-electron chi connectivity index (χ4n) is 0.820. The van der Waals surface area contributed by atoms with Gasteiger partial charge in [-0.25, -0.2) is 0 Å². The van der Waals surface area contributed by atoms with Crippen molar-refractivity contribution in [3.63, 3.8) is 0 Å². The molecule has 0 saturated heterocycles. The van der Waals surface area contributed by atoms with Crippen LogP contribution in [0, 0.1) is 5.41 Å². The Labute approximate surface area is 96.3 Å². The van der Waals surface area contributed by atoms with E-state index in [4.69, 9.17) is 15.2 Å². The van der Waals surface area contributed by atoms with Crippen molar-refractivity contribution < 1.29 is 19.1 Å². The van der Waals surface area contributed by atoms with Crippen molar-refractivity contribution in [3.05, 3.63) is 0 Å². The third-order valence-electron chi connectivity index (χ3n) is 2.36. The van der Waals surface area contributed by atoms with Gasteiger partial charge in [-0.05, 0) is 20.3 Å². The van der Waals surface area contributed by atoms with Crippen LogP contribution in [0.15, 0.2) is 0 Å². The molecule has 0 unspecified atom stereocenters. The van der Waals surface area contributed by atoms with Crippen molar-refractivity contribution in [2.45, 2.75) is 33.6 Å². The molecule has 0 aliphatic carbocycles. The maximum absolute atomic E-state index is 11.5. The van der Waals surface area contributed by atoms with Crippen LogP contribution in [0.3, 0.4) is 0 Å². The molecule has 0 aromatic carbocycles. The van der Waals surface area contributed by atoms with Gasteiger partial charge in [0, 0.05) is 6.54 Å². The van der Waals surface area contributed by atoms with E-state index in [0.29, 0.717) is 6.42 Å². The molecule has 0 saturated carbocycles. The first-order valence-electron chi connectivity index (χ1n) is 5.47. The first-order valence-corrected chi connectivity index (χ1v) is 5.47. The molecule has 0 amide bonds. The molecule has 5 heteroatoms. The van der Waals surface area contributed by atoms with Crippen LogP contribution < -0.4 is 5.73 Å². The predicted octanol–water partition coefficient (Wildman–Crippen LogP) is 0.858. The van der Waals surface area contributed by atoms with Crippen LogP contribution in [-0.2, 0) is 19.1 Å². The minimum atomic E-state index is -0.485. The summed E-state index contributed by atoms with van der Waals surface area (Å²) < 4.78 is 9.76. The van der Waals surface area contributed by atoms with Crippen molar-refractivity contribution in [2.24, 2.45) is 11.1 Å². The van der Waals surface area contributed by atoms with Crippen molar-refractivity contribution in [2.75, 3.05) is 19.8 Å². The van der Waals surface area contributed by atoms with Gasteiger partial charge in [-0.3, -0.25) is 9.59 Å². The van der Waals surface area contributed by atoms with Crippen molar-refractivity contribution >= 4 is 11.9 Å². The molecule has 0 aromatic rings. The molecule has 0 heterocycles. The van der Waals surface area contributed by atoms with Gasteiger partial charge in [0.2, 0.25) is 0 Å². The molecular formula is C11H21NO4. The van der Waals surface area contributed by atoms with Gasteiger partial charge in [0.05, 0.1) is 11.8 Å². The van der Waals surface area contributed by atoms with Crippen molar-refractivity contribution in [3.8, 4) is 0 Å². The highest BCUT2D eigenvalue weighted by atomic mass is 16.6. The summed E-state index contributed by atoms with van der Waals surface area (Å²) >= 11 is 0. The minimum absolute atomic E-state index is 0.0877. The Kier molecular flexibility index (Phi) is 6.72. The largest absolute Gasteiger partial charge is 0.462 e. The Bertz CT molecular complexity index is 238. The molecule has 5 nitrogen and oxygen atoms in total. The zero-order chi connectivity index (χ0) is 12.6. The Morgan fingerprint density at radius 3 is 2.25 bits per heavy atom. The van der Waals surface area contributed by atoms with Crippen LogP contribution in [0.4, 0.5) is 0 Å². The molecule has 0 aliphatic rings. The SMILES string of the molecule is CCC(C)(C)C(=O)OCCOC(=O)CCN. The number of carbonyl (C=O) groups excluding carboxylic acids is 2. The molecule has 2 N–H and O–H groups in total. The fraction of sp³-hybridized carbons (Fsp3) is 0.818. The number of nitrogens with two attached hydrogens (primary N) is 1. The Morgan fingerprint density at radius 2 is 1.75 bits per heavy atom. The average Bonchev–Trinajstić information content (AvgIpc) is 2.24. The normalized spacial score (nSPS) is 11.0. The number of carbonyl (C=O) groups is 2. The summed E-state index contributed by atoms with van der Waals surface area (Å²) in [6.07, 6.45) is 0.896. The number of hydrogen-bond acceptors (Lipinski definition) is 5. The van der Waals surface area contributed by atoms with Gasteiger partial charge in [0.15, 0.2) is 0 Å². The number of esters is 2. The lowest BCUT2D eigenvalue weighted by atomic mass is 9.91. The van der Waals surface area contributed by atoms with Crippen LogP contribution in [0.1, 0.15) is 33.6 Å². The summed E-state index contributed by atoms with van der Waals surface area (Å²) in [5, 5.41) is 0. The highest BCUT2D eigenvalue weighted by Gasteiger charge is 2.26. The maximum Gasteiger partial charge on any atom is 0.311 e. The van der Waals surface area contributed by atoms with E-state index in [1.165, 1.54) is 0 Å². The van der Waals surface area contributed by atoms with E-state index >= 15 is 0 Å². The Morgan fingerprint density at radius 1 is 1.19 bits per heavy atom. The minimum Gasteiger partial charge on any atom is -0.462 e. The van der Waals surface area contributed by atoms with Gasteiger partial charge in [-0.1, -0.05) is 6.92 Å². The summed E-state index contributed by atoms with van der Waals surface area (Å²) in [7, 11) is 0. The number of ether oxygens (including phenoxy) is 2. The molecule has 0 rings (SSSR count). The summed E-state index contributed by atoms with van der Waals surface area (Å²) in [6.45, 7) is 6.00. The number of hydrogen-bond donors (Lipinski definition) is 1. The van der Waals surface area contributed by atoms with Crippen LogP contribution in [0.5, 0.6) is 0 Å². The molecule has 0 bridgehead atoms. The van der Waals surface area contributed by atoms with E-state index in [0.717, 1.165) is 0 Å². The molecule has 0 fully saturated rings.